The van der Waals surface area contributed by atoms with Gasteiger partial charge in [-0.3, -0.25) is 4.84 Å². The number of rotatable bonds is 4. The van der Waals surface area contributed by atoms with Crippen LogP contribution in [-0.4, -0.2) is 25.1 Å². The van der Waals surface area contributed by atoms with Gasteiger partial charge >= 0.3 is 5.97 Å². The van der Waals surface area contributed by atoms with Gasteiger partial charge in [0, 0.05) is 0 Å². The highest BCUT2D eigenvalue weighted by Crippen LogP contribution is 2.18. The second-order valence-corrected chi connectivity index (χ2v) is 6.70. The van der Waals surface area contributed by atoms with Gasteiger partial charge in [0.25, 0.3) is 10.0 Å². The van der Waals surface area contributed by atoms with Crippen LogP contribution in [0, 0.1) is 6.92 Å². The van der Waals surface area contributed by atoms with E-state index in [2.05, 4.69) is 0 Å². The monoisotopic (exact) mass is 287 g/mol. The zero-order valence-corrected chi connectivity index (χ0v) is 12.0. The first-order valence-corrected chi connectivity index (χ1v) is 7.05. The second-order valence-electron chi connectivity index (χ2n) is 5.09. The van der Waals surface area contributed by atoms with Gasteiger partial charge in [0.15, 0.2) is 0 Å². The van der Waals surface area contributed by atoms with Crippen molar-refractivity contribution in [1.29, 1.82) is 0 Å². The molecule has 106 valence electrons. The van der Waals surface area contributed by atoms with E-state index in [-0.39, 0.29) is 10.5 Å². The van der Waals surface area contributed by atoms with Gasteiger partial charge in [-0.05, 0) is 45.4 Å². The van der Waals surface area contributed by atoms with E-state index >= 15 is 0 Å². The van der Waals surface area contributed by atoms with E-state index < -0.39 is 21.6 Å². The number of aromatic carboxylic acids is 1. The average molecular weight is 287 g/mol. The Morgan fingerprint density at radius 1 is 1.32 bits per heavy atom. The average Bonchev–Trinajstić information content (AvgIpc) is 2.25. The number of carboxylic acid groups (broad SMARTS) is 1. The van der Waals surface area contributed by atoms with Crippen molar-refractivity contribution < 1.29 is 23.2 Å². The highest BCUT2D eigenvalue weighted by Gasteiger charge is 2.22. The van der Waals surface area contributed by atoms with Gasteiger partial charge in [0.05, 0.1) is 16.1 Å². The number of carbonyl (C=O) groups is 1. The summed E-state index contributed by atoms with van der Waals surface area (Å²) in [5, 5.41) is 8.88. The third-order valence-electron chi connectivity index (χ3n) is 2.18. The molecule has 2 N–H and O–H groups in total. The van der Waals surface area contributed by atoms with Gasteiger partial charge in [0.2, 0.25) is 0 Å². The quantitative estimate of drug-likeness (QED) is 0.822. The van der Waals surface area contributed by atoms with E-state index in [0.717, 1.165) is 6.07 Å². The van der Waals surface area contributed by atoms with Crippen LogP contribution in [0.15, 0.2) is 23.1 Å². The van der Waals surface area contributed by atoms with Crippen molar-refractivity contribution in [2.24, 2.45) is 0 Å². The Morgan fingerprint density at radius 2 is 1.89 bits per heavy atom. The Labute approximate surface area is 112 Å². The molecule has 0 heterocycles. The number of carboxylic acids is 1. The smallest absolute Gasteiger partial charge is 0.335 e. The van der Waals surface area contributed by atoms with Crippen LogP contribution < -0.4 is 4.89 Å². The minimum Gasteiger partial charge on any atom is -0.478 e. The molecule has 0 spiro atoms. The summed E-state index contributed by atoms with van der Waals surface area (Å²) in [6.07, 6.45) is 0. The highest BCUT2D eigenvalue weighted by atomic mass is 32.2. The van der Waals surface area contributed by atoms with Crippen LogP contribution in [0.2, 0.25) is 0 Å². The van der Waals surface area contributed by atoms with Crippen molar-refractivity contribution in [2.45, 2.75) is 38.2 Å². The first-order valence-electron chi connectivity index (χ1n) is 5.57. The van der Waals surface area contributed by atoms with E-state index in [1.165, 1.54) is 12.1 Å². The fourth-order valence-corrected chi connectivity index (χ4v) is 2.47. The normalized spacial score (nSPS) is 12.4. The van der Waals surface area contributed by atoms with Gasteiger partial charge in [-0.1, -0.05) is 11.0 Å². The first-order chi connectivity index (χ1) is 8.53. The Kier molecular flexibility index (Phi) is 4.34. The predicted molar refractivity (Wildman–Crippen MR) is 69.3 cm³/mol. The van der Waals surface area contributed by atoms with E-state index in [1.807, 2.05) is 4.89 Å². The van der Waals surface area contributed by atoms with Crippen LogP contribution in [-0.2, 0) is 14.9 Å². The second kappa shape index (κ2) is 5.28. The van der Waals surface area contributed by atoms with Crippen LogP contribution in [0.1, 0.15) is 36.7 Å². The van der Waals surface area contributed by atoms with Crippen molar-refractivity contribution in [2.75, 3.05) is 0 Å². The molecule has 0 aliphatic rings. The Bertz CT molecular complexity index is 587. The summed E-state index contributed by atoms with van der Waals surface area (Å²) in [6, 6.07) is 3.89. The molecule has 0 aliphatic heterocycles. The van der Waals surface area contributed by atoms with Gasteiger partial charge in [-0.15, -0.1) is 0 Å². The SMILES string of the molecule is Cc1ccc(C(=O)O)cc1S(=O)(=O)NOC(C)(C)C. The van der Waals surface area contributed by atoms with Crippen LogP contribution in [0.3, 0.4) is 0 Å². The summed E-state index contributed by atoms with van der Waals surface area (Å²) in [7, 11) is -3.92. The van der Waals surface area contributed by atoms with E-state index in [4.69, 9.17) is 9.94 Å². The summed E-state index contributed by atoms with van der Waals surface area (Å²) in [5.74, 6) is -1.19. The highest BCUT2D eigenvalue weighted by molar-refractivity contribution is 7.89. The van der Waals surface area contributed by atoms with Crippen molar-refractivity contribution in [1.82, 2.24) is 4.89 Å². The molecule has 0 saturated heterocycles. The van der Waals surface area contributed by atoms with Gasteiger partial charge < -0.3 is 5.11 Å². The van der Waals surface area contributed by atoms with Crippen LogP contribution in [0.5, 0.6) is 0 Å². The molecule has 0 aliphatic carbocycles. The third-order valence-corrected chi connectivity index (χ3v) is 3.50. The van der Waals surface area contributed by atoms with E-state index in [0.29, 0.717) is 5.56 Å². The molecule has 0 fully saturated rings. The zero-order chi connectivity index (χ0) is 14.8. The maximum atomic E-state index is 12.0. The molecular formula is C12H17NO5S. The van der Waals surface area contributed by atoms with Gasteiger partial charge in [-0.2, -0.15) is 0 Å². The Balaban J connectivity index is 3.14. The molecule has 6 nitrogen and oxygen atoms in total. The van der Waals surface area contributed by atoms with Crippen LogP contribution in [0.25, 0.3) is 0 Å². The molecule has 0 bridgehead atoms. The number of sulfonamides is 1. The van der Waals surface area contributed by atoms with Gasteiger partial charge in [0.1, 0.15) is 0 Å². The van der Waals surface area contributed by atoms with Crippen molar-refractivity contribution in [3.05, 3.63) is 29.3 Å². The lowest BCUT2D eigenvalue weighted by molar-refractivity contribution is -0.0357. The lowest BCUT2D eigenvalue weighted by atomic mass is 10.1. The molecule has 0 atom stereocenters. The molecule has 1 rings (SSSR count). The van der Waals surface area contributed by atoms with Crippen molar-refractivity contribution in [3.63, 3.8) is 0 Å². The summed E-state index contributed by atoms with van der Waals surface area (Å²) in [6.45, 7) is 6.65. The minimum atomic E-state index is -3.92. The number of hydrogen-bond acceptors (Lipinski definition) is 4. The number of hydrogen-bond donors (Lipinski definition) is 2. The molecule has 0 amide bonds. The van der Waals surface area contributed by atoms with Crippen LogP contribution >= 0.6 is 0 Å². The summed E-state index contributed by atoms with van der Waals surface area (Å²) >= 11 is 0. The van der Waals surface area contributed by atoms with Crippen LogP contribution in [0.4, 0.5) is 0 Å². The standard InChI is InChI=1S/C12H17NO5S/c1-8-5-6-9(11(14)15)7-10(8)19(16,17)13-18-12(2,3)4/h5-7,13H,1-4H3,(H,14,15). The number of aryl methyl sites for hydroxylation is 1. The summed E-state index contributed by atoms with van der Waals surface area (Å²) < 4.78 is 24.1. The number of benzene rings is 1. The topological polar surface area (TPSA) is 92.7 Å². The predicted octanol–water partition coefficient (Wildman–Crippen LogP) is 1.70. The largest absolute Gasteiger partial charge is 0.478 e. The third kappa shape index (κ3) is 4.30. The minimum absolute atomic E-state index is 0.0956. The summed E-state index contributed by atoms with van der Waals surface area (Å²) in [5.41, 5.74) is -0.345. The maximum absolute atomic E-state index is 12.0. The lowest BCUT2D eigenvalue weighted by Gasteiger charge is -2.19. The lowest BCUT2D eigenvalue weighted by Crippen LogP contribution is -2.34. The van der Waals surface area contributed by atoms with Gasteiger partial charge in [-0.25, -0.2) is 13.2 Å². The van der Waals surface area contributed by atoms with Crippen molar-refractivity contribution >= 4 is 16.0 Å². The molecule has 0 unspecified atom stereocenters. The van der Waals surface area contributed by atoms with E-state index in [1.54, 1.807) is 27.7 Å². The molecule has 0 radical (unpaired) electrons. The van der Waals surface area contributed by atoms with E-state index in [9.17, 15) is 13.2 Å². The molecule has 1 aromatic carbocycles. The molecule has 0 aromatic heterocycles. The molecular weight excluding hydrogens is 270 g/mol. The fourth-order valence-electron chi connectivity index (χ4n) is 1.25. The first kappa shape index (κ1) is 15.6. The molecule has 0 saturated carbocycles. The zero-order valence-electron chi connectivity index (χ0n) is 11.2. The molecule has 1 aromatic rings. The maximum Gasteiger partial charge on any atom is 0.335 e. The molecule has 19 heavy (non-hydrogen) atoms. The fraction of sp³-hybridized carbons (Fsp3) is 0.417. The molecule has 7 heteroatoms. The Morgan fingerprint density at radius 3 is 2.37 bits per heavy atom. The van der Waals surface area contributed by atoms with Crippen molar-refractivity contribution in [3.8, 4) is 0 Å². The summed E-state index contributed by atoms with van der Waals surface area (Å²) in [4.78, 5) is 17.8. The number of nitrogens with one attached hydrogen (secondary N) is 1. The Hall–Kier alpha value is -1.44.